The van der Waals surface area contributed by atoms with Gasteiger partial charge in [0.1, 0.15) is 34.3 Å². The Kier molecular flexibility index (Phi) is 9.83. The Balaban J connectivity index is 0.000000128. The standard InChI is InChI=1S/C26H25NO5.C26H25NO4.CH4O3S.2CH4/c28-18-8-7-15-11-20-26(29)12-17-16-3-1-2-4-19(16)31-22(17)24-25(26,21(15)23(18)32-24)9-10-27(20,30)13-14-5-6-14;28-18-8-7-15-11-20-26(29)12-17-16-3-1-2-4-19(16)30-22(17)24-25(26,21(15)23(18)31-24)9-10-27(20)13-14-5-6-14;1-5(2,3)4;;/h1-4,7-8,14,20,24,28-29H,5-6,9-13H2;1-4,7-8,14,20,24,28-29H,5-6,9-13H2;1H3,(H,2,3,4);2*1H4/t20-,24?,25+,26-,27?;20-,24?,25+,26-;;;/m11.../s1. The van der Waals surface area contributed by atoms with Gasteiger partial charge in [-0.15, -0.1) is 0 Å². The van der Waals surface area contributed by atoms with E-state index in [0.29, 0.717) is 62.4 Å². The maximum Gasteiger partial charge on any atom is 0.261 e. The molecule has 370 valence electrons. The molecule has 6 aromatic rings. The van der Waals surface area contributed by atoms with Crippen molar-refractivity contribution < 1.29 is 56.4 Å². The van der Waals surface area contributed by atoms with E-state index in [1.807, 2.05) is 54.6 Å². The van der Waals surface area contributed by atoms with Gasteiger partial charge in [-0.25, -0.2) is 0 Å². The van der Waals surface area contributed by atoms with Crippen molar-refractivity contribution in [3.63, 3.8) is 0 Å². The summed E-state index contributed by atoms with van der Waals surface area (Å²) in [7, 11) is -3.67. The number of aliphatic hydroxyl groups is 2. The van der Waals surface area contributed by atoms with Crippen molar-refractivity contribution in [2.75, 3.05) is 32.4 Å². The first-order valence-electron chi connectivity index (χ1n) is 24.3. The number of furan rings is 2. The van der Waals surface area contributed by atoms with Crippen molar-refractivity contribution in [3.05, 3.63) is 123 Å². The average Bonchev–Trinajstić information content (AvgIpc) is 4.15. The first kappa shape index (κ1) is 46.0. The molecule has 10 aliphatic rings. The number of para-hydroxylation sites is 2. The van der Waals surface area contributed by atoms with E-state index >= 15 is 0 Å². The number of likely N-dealkylation sites (tertiary alicyclic amines) is 2. The smallest absolute Gasteiger partial charge is 0.261 e. The molecule has 4 aliphatic heterocycles. The van der Waals surface area contributed by atoms with Gasteiger partial charge in [0.15, 0.2) is 35.2 Å². The molecular formula is C55H62N2O12S. The number of aromatic hydroxyl groups is 2. The molecule has 9 atom stereocenters. The van der Waals surface area contributed by atoms with Crippen LogP contribution in [-0.2, 0) is 46.6 Å². The number of piperidine rings is 2. The summed E-state index contributed by atoms with van der Waals surface area (Å²) in [6.45, 7) is 3.09. The van der Waals surface area contributed by atoms with Crippen LogP contribution in [0.15, 0.2) is 81.6 Å². The van der Waals surface area contributed by atoms with Gasteiger partial charge in [-0.05, 0) is 86.4 Å². The average molecular weight is 975 g/mol. The van der Waals surface area contributed by atoms with Crippen molar-refractivity contribution in [3.8, 4) is 23.0 Å². The lowest BCUT2D eigenvalue weighted by Crippen LogP contribution is -2.78. The minimum absolute atomic E-state index is 0. The highest BCUT2D eigenvalue weighted by atomic mass is 32.2. The van der Waals surface area contributed by atoms with Crippen LogP contribution in [0.25, 0.3) is 21.9 Å². The van der Waals surface area contributed by atoms with Crippen LogP contribution in [0.3, 0.4) is 0 Å². The number of nitrogens with zero attached hydrogens (tertiary/aromatic N) is 2. The predicted octanol–water partition coefficient (Wildman–Crippen LogP) is 8.46. The van der Waals surface area contributed by atoms with Gasteiger partial charge in [0, 0.05) is 77.2 Å². The molecule has 14 nitrogen and oxygen atoms in total. The molecule has 0 radical (unpaired) electrons. The molecule has 2 saturated heterocycles. The first-order valence-corrected chi connectivity index (χ1v) is 26.1. The Morgan fingerprint density at radius 1 is 0.714 bits per heavy atom. The van der Waals surface area contributed by atoms with Gasteiger partial charge in [-0.1, -0.05) is 63.4 Å². The fourth-order valence-electron chi connectivity index (χ4n) is 15.1. The second kappa shape index (κ2) is 15.0. The topological polar surface area (TPSA) is 206 Å². The summed E-state index contributed by atoms with van der Waals surface area (Å²) >= 11 is 0. The lowest BCUT2D eigenvalue weighted by atomic mass is 9.49. The number of rotatable bonds is 4. The summed E-state index contributed by atoms with van der Waals surface area (Å²) in [4.78, 5) is 2.56. The third-order valence-corrected chi connectivity index (χ3v) is 18.1. The second-order valence-corrected chi connectivity index (χ2v) is 23.3. The van der Waals surface area contributed by atoms with Gasteiger partial charge in [-0.2, -0.15) is 8.42 Å². The highest BCUT2D eigenvalue weighted by molar-refractivity contribution is 7.85. The minimum atomic E-state index is -3.67. The van der Waals surface area contributed by atoms with Gasteiger partial charge in [-0.3, -0.25) is 9.45 Å². The summed E-state index contributed by atoms with van der Waals surface area (Å²) in [5, 5.41) is 63.2. The van der Waals surface area contributed by atoms with Crippen LogP contribution in [0, 0.1) is 17.0 Å². The summed E-state index contributed by atoms with van der Waals surface area (Å²) in [6.07, 6.45) is 8.24. The monoisotopic (exact) mass is 974 g/mol. The molecule has 3 unspecified atom stereocenters. The maximum atomic E-state index is 14.3. The number of ether oxygens (including phenoxy) is 2. The number of hydrogen-bond acceptors (Lipinski definition) is 12. The maximum absolute atomic E-state index is 14.3. The number of fused-ring (bicyclic) bond motifs is 8. The Morgan fingerprint density at radius 2 is 1.21 bits per heavy atom. The van der Waals surface area contributed by atoms with Crippen molar-refractivity contribution in [1.82, 2.24) is 4.90 Å². The summed E-state index contributed by atoms with van der Waals surface area (Å²) < 4.78 is 51.3. The molecule has 6 aliphatic carbocycles. The molecule has 6 heterocycles. The highest BCUT2D eigenvalue weighted by Gasteiger charge is 2.77. The quantitative estimate of drug-likeness (QED) is 0.0640. The SMILES string of the molecule is C.C.CS(=O)(=O)O.Oc1ccc2c3c1OC1c4oc5ccccc5c4C[C@@]4(O)[C@@H](C2)N(CC2CC2)CC[C@]314.[O-][N+]1(CC2CC2)CC[C@]23c4c5ccc(O)c4OC2c2oc4ccccc4c2C[C@@]3(O)[C@H]1C5. The lowest BCUT2D eigenvalue weighted by Gasteiger charge is -2.67. The zero-order valence-corrected chi connectivity index (χ0v) is 38.5. The summed E-state index contributed by atoms with van der Waals surface area (Å²) in [5.74, 6) is 4.12. The zero-order chi connectivity index (χ0) is 46.5. The van der Waals surface area contributed by atoms with Crippen LogP contribution in [0.1, 0.15) is 110 Å². The number of phenolic OH excluding ortho intramolecular Hbond substituents is 2. The molecule has 2 saturated carbocycles. The van der Waals surface area contributed by atoms with E-state index in [0.717, 1.165) is 106 Å². The van der Waals surface area contributed by atoms with Crippen molar-refractivity contribution in [2.45, 2.75) is 125 Å². The van der Waals surface area contributed by atoms with Gasteiger partial charge in [0.05, 0.1) is 35.8 Å². The fraction of sp³-hybridized carbons (Fsp3) is 0.491. The Hall–Kier alpha value is -5.13. The number of hydroxylamine groups is 3. The number of benzene rings is 4. The summed E-state index contributed by atoms with van der Waals surface area (Å²) in [5.41, 5.74) is 4.30. The number of quaternary nitrogens is 1. The Labute approximate surface area is 407 Å². The second-order valence-electron chi connectivity index (χ2n) is 21.8. The third-order valence-electron chi connectivity index (χ3n) is 18.1. The molecule has 70 heavy (non-hydrogen) atoms. The summed E-state index contributed by atoms with van der Waals surface area (Å²) in [6, 6.07) is 23.0. The van der Waals surface area contributed by atoms with Crippen LogP contribution < -0.4 is 9.47 Å². The van der Waals surface area contributed by atoms with E-state index in [1.165, 1.54) is 18.4 Å². The molecule has 16 rings (SSSR count). The Morgan fingerprint density at radius 3 is 1.76 bits per heavy atom. The largest absolute Gasteiger partial charge is 0.632 e. The van der Waals surface area contributed by atoms with Crippen LogP contribution in [0.2, 0.25) is 0 Å². The van der Waals surface area contributed by atoms with Crippen molar-refractivity contribution >= 4 is 32.1 Å². The van der Waals surface area contributed by atoms with Crippen LogP contribution in [0.4, 0.5) is 0 Å². The first-order chi connectivity index (χ1) is 32.5. The molecule has 2 aromatic heterocycles. The number of phenols is 2. The van der Waals surface area contributed by atoms with E-state index in [-0.39, 0.29) is 37.0 Å². The molecule has 2 spiro atoms. The van der Waals surface area contributed by atoms with Gasteiger partial charge >= 0.3 is 0 Å². The van der Waals surface area contributed by atoms with Crippen LogP contribution in [0.5, 0.6) is 23.0 Å². The zero-order valence-electron chi connectivity index (χ0n) is 37.7. The molecule has 0 amide bonds. The van der Waals surface area contributed by atoms with E-state index in [4.69, 9.17) is 22.9 Å². The van der Waals surface area contributed by atoms with Gasteiger partial charge in [0.25, 0.3) is 10.1 Å². The minimum Gasteiger partial charge on any atom is -0.632 e. The third kappa shape index (κ3) is 5.96. The van der Waals surface area contributed by atoms with E-state index in [9.17, 15) is 34.1 Å². The van der Waals surface area contributed by atoms with Crippen LogP contribution >= 0.6 is 0 Å². The molecular weight excluding hydrogens is 913 g/mol. The van der Waals surface area contributed by atoms with Crippen molar-refractivity contribution in [1.29, 1.82) is 0 Å². The van der Waals surface area contributed by atoms with Crippen molar-refractivity contribution in [2.24, 2.45) is 11.8 Å². The molecule has 15 heteroatoms. The van der Waals surface area contributed by atoms with E-state index in [2.05, 4.69) is 11.0 Å². The normalized spacial score (nSPS) is 33.8. The van der Waals surface area contributed by atoms with E-state index in [1.54, 1.807) is 12.1 Å². The molecule has 4 bridgehead atoms. The molecule has 4 fully saturated rings. The number of hydrogen-bond donors (Lipinski definition) is 5. The fourth-order valence-corrected chi connectivity index (χ4v) is 15.1. The molecule has 4 aromatic carbocycles. The highest BCUT2D eigenvalue weighted by Crippen LogP contribution is 2.72. The lowest BCUT2D eigenvalue weighted by molar-refractivity contribution is -0.924. The van der Waals surface area contributed by atoms with Crippen LogP contribution in [-0.4, -0.2) is 98.7 Å². The predicted molar refractivity (Wildman–Crippen MR) is 262 cm³/mol. The van der Waals surface area contributed by atoms with E-state index < -0.39 is 50.4 Å². The van der Waals surface area contributed by atoms with Gasteiger partial charge < -0.3 is 48.6 Å². The Bertz CT molecular complexity index is 3260. The molecule has 5 N–H and O–H groups in total. The van der Waals surface area contributed by atoms with Gasteiger partial charge in [0.2, 0.25) is 0 Å².